The van der Waals surface area contributed by atoms with E-state index in [0.29, 0.717) is 11.4 Å². The Balaban J connectivity index is 0.000000364. The molecule has 2 rings (SSSR count). The van der Waals surface area contributed by atoms with Crippen LogP contribution in [0.4, 0.5) is 11.4 Å². The summed E-state index contributed by atoms with van der Waals surface area (Å²) in [6.45, 7) is 0. The summed E-state index contributed by atoms with van der Waals surface area (Å²) >= 11 is 0. The summed E-state index contributed by atoms with van der Waals surface area (Å²) in [5, 5.41) is 20.3. The van der Waals surface area contributed by atoms with Gasteiger partial charge in [-0.1, -0.05) is 24.3 Å². The van der Waals surface area contributed by atoms with Gasteiger partial charge in [-0.15, -0.1) is 0 Å². The molecule has 0 aliphatic carbocycles. The first-order valence-corrected chi connectivity index (χ1v) is 5.54. The molecule has 0 amide bonds. The molecule has 0 unspecified atom stereocenters. The molecule has 0 saturated heterocycles. The second kappa shape index (κ2) is 8.95. The van der Waals surface area contributed by atoms with Crippen molar-refractivity contribution >= 4 is 50.6 Å². The predicted molar refractivity (Wildman–Crippen MR) is 76.1 cm³/mol. The number of nitrogen functional groups attached to an aromatic ring is 2. The summed E-state index contributed by atoms with van der Waals surface area (Å²) in [6.07, 6.45) is 0. The van der Waals surface area contributed by atoms with Crippen LogP contribution in [-0.4, -0.2) is 39.2 Å². The molecule has 0 aliphatic rings. The molecule has 0 heterocycles. The first kappa shape index (κ1) is 18.9. The van der Waals surface area contributed by atoms with Crippen LogP contribution in [0, 0.1) is 0 Å². The van der Waals surface area contributed by atoms with E-state index >= 15 is 0 Å². The second-order valence-electron chi connectivity index (χ2n) is 3.82. The Morgan fingerprint density at radius 2 is 0.905 bits per heavy atom. The number of carboxylic acid groups (broad SMARTS) is 2. The minimum absolute atomic E-state index is 0. The van der Waals surface area contributed by atoms with Crippen LogP contribution in [0.1, 0.15) is 20.7 Å². The summed E-state index contributed by atoms with van der Waals surface area (Å²) in [6, 6.07) is 11.7. The zero-order valence-corrected chi connectivity index (χ0v) is 14.8. The Bertz CT molecular complexity index is 542. The van der Waals surface area contributed by atoms with Gasteiger partial charge in [0.1, 0.15) is 0 Å². The van der Waals surface area contributed by atoms with Crippen molar-refractivity contribution in [3.63, 3.8) is 0 Å². The van der Waals surface area contributed by atoms with Crippen LogP contribution in [0.5, 0.6) is 0 Å². The van der Waals surface area contributed by atoms with Crippen molar-refractivity contribution in [3.05, 3.63) is 59.7 Å². The third-order valence-electron chi connectivity index (χ3n) is 2.29. The Morgan fingerprint density at radius 3 is 1.10 bits per heavy atom. The van der Waals surface area contributed by atoms with E-state index in [1.165, 1.54) is 48.5 Å². The number of benzene rings is 2. The quantitative estimate of drug-likeness (QED) is 0.415. The van der Waals surface area contributed by atoms with Crippen molar-refractivity contribution in [2.75, 3.05) is 11.5 Å². The summed E-state index contributed by atoms with van der Waals surface area (Å²) < 4.78 is 0. The van der Waals surface area contributed by atoms with Gasteiger partial charge in [-0.2, -0.15) is 0 Å². The summed E-state index contributed by atoms with van der Waals surface area (Å²) in [5.41, 5.74) is 12.0. The number of anilines is 2. The van der Waals surface area contributed by atoms with Gasteiger partial charge in [0, 0.05) is 11.4 Å². The Kier molecular flexibility index (Phi) is 8.06. The van der Waals surface area contributed by atoms with Gasteiger partial charge >= 0.3 is 27.3 Å². The Hall–Kier alpha value is -2.10. The number of hydrogen-bond acceptors (Lipinski definition) is 6. The van der Waals surface area contributed by atoms with E-state index in [9.17, 15) is 19.8 Å². The largest absolute Gasteiger partial charge is 2.00 e. The van der Waals surface area contributed by atoms with E-state index in [1.807, 2.05) is 0 Å². The van der Waals surface area contributed by atoms with Crippen molar-refractivity contribution in [2.24, 2.45) is 0 Å². The standard InChI is InChI=1S/2C7H7NO2.Pb/c2*8-6-3-1-5(2-4-6)7(9)10;/h2*1-4H,8H2,(H,9,10);/q;;+2/p-2. The summed E-state index contributed by atoms with van der Waals surface area (Å²) in [5.74, 6) is -2.36. The molecule has 7 heteroatoms. The molecule has 6 nitrogen and oxygen atoms in total. The minimum atomic E-state index is -1.18. The number of rotatable bonds is 2. The van der Waals surface area contributed by atoms with Crippen molar-refractivity contribution in [1.82, 2.24) is 0 Å². The smallest absolute Gasteiger partial charge is 0.545 e. The van der Waals surface area contributed by atoms with Gasteiger partial charge in [-0.25, -0.2) is 0 Å². The van der Waals surface area contributed by atoms with Crippen LogP contribution in [0.15, 0.2) is 48.5 Å². The zero-order valence-electron chi connectivity index (χ0n) is 10.9. The van der Waals surface area contributed by atoms with Gasteiger partial charge in [0.25, 0.3) is 0 Å². The molecule has 0 spiro atoms. The number of carbonyl (C=O) groups excluding carboxylic acids is 2. The molecular weight excluding hydrogens is 467 g/mol. The molecular formula is C14H12N2O4Pb. The maximum absolute atomic E-state index is 10.2. The maximum Gasteiger partial charge on any atom is 2.00 e. The second-order valence-corrected chi connectivity index (χ2v) is 3.82. The zero-order chi connectivity index (χ0) is 15.1. The number of aromatic carboxylic acids is 2. The van der Waals surface area contributed by atoms with Crippen LogP contribution >= 0.6 is 0 Å². The van der Waals surface area contributed by atoms with Gasteiger partial charge in [0.2, 0.25) is 0 Å². The molecule has 0 aromatic heterocycles. The molecule has 0 bridgehead atoms. The van der Waals surface area contributed by atoms with Crippen molar-refractivity contribution in [2.45, 2.75) is 0 Å². The average molecular weight is 479 g/mol. The van der Waals surface area contributed by atoms with Crippen molar-refractivity contribution < 1.29 is 19.8 Å². The molecule has 0 fully saturated rings. The average Bonchev–Trinajstić information content (AvgIpc) is 2.40. The Labute approximate surface area is 141 Å². The van der Waals surface area contributed by atoms with E-state index < -0.39 is 11.9 Å². The van der Waals surface area contributed by atoms with E-state index in [0.717, 1.165) is 0 Å². The van der Waals surface area contributed by atoms with E-state index in [1.54, 1.807) is 0 Å². The van der Waals surface area contributed by atoms with Crippen LogP contribution in [-0.2, 0) is 0 Å². The van der Waals surface area contributed by atoms with Gasteiger partial charge < -0.3 is 31.3 Å². The van der Waals surface area contributed by atoms with E-state index in [4.69, 9.17) is 11.5 Å². The number of hydrogen-bond donors (Lipinski definition) is 2. The topological polar surface area (TPSA) is 132 Å². The van der Waals surface area contributed by atoms with Crippen molar-refractivity contribution in [1.29, 1.82) is 0 Å². The predicted octanol–water partition coefficient (Wildman–Crippen LogP) is -1.12. The molecule has 21 heavy (non-hydrogen) atoms. The molecule has 0 aliphatic heterocycles. The molecule has 2 aromatic carbocycles. The summed E-state index contributed by atoms with van der Waals surface area (Å²) in [4.78, 5) is 20.3. The van der Waals surface area contributed by atoms with Crippen molar-refractivity contribution in [3.8, 4) is 0 Å². The van der Waals surface area contributed by atoms with Gasteiger partial charge in [-0.3, -0.25) is 0 Å². The molecule has 0 atom stereocenters. The van der Waals surface area contributed by atoms with E-state index in [-0.39, 0.29) is 38.4 Å². The van der Waals surface area contributed by atoms with Crippen LogP contribution < -0.4 is 21.7 Å². The SMILES string of the molecule is Nc1ccc(C(=O)[O-])cc1.Nc1ccc(C(=O)[O-])cc1.[Pb+2]. The fourth-order valence-electron chi connectivity index (χ4n) is 1.24. The Morgan fingerprint density at radius 1 is 0.667 bits per heavy atom. The van der Waals surface area contributed by atoms with Gasteiger partial charge in [0.05, 0.1) is 11.9 Å². The maximum atomic E-state index is 10.2. The fourth-order valence-corrected chi connectivity index (χ4v) is 1.24. The molecule has 4 N–H and O–H groups in total. The summed E-state index contributed by atoms with van der Waals surface area (Å²) in [7, 11) is 0. The molecule has 2 radical (unpaired) electrons. The first-order chi connectivity index (χ1) is 9.40. The molecule has 2 aromatic rings. The van der Waals surface area contributed by atoms with E-state index in [2.05, 4.69) is 0 Å². The minimum Gasteiger partial charge on any atom is -0.545 e. The van der Waals surface area contributed by atoms with Crippen LogP contribution in [0.3, 0.4) is 0 Å². The van der Waals surface area contributed by atoms with Gasteiger partial charge in [0.15, 0.2) is 0 Å². The third-order valence-corrected chi connectivity index (χ3v) is 2.29. The number of nitrogens with two attached hydrogens (primary N) is 2. The third kappa shape index (κ3) is 6.75. The fraction of sp³-hybridized carbons (Fsp3) is 0. The number of carbonyl (C=O) groups is 2. The monoisotopic (exact) mass is 480 g/mol. The normalized spacial score (nSPS) is 8.76. The first-order valence-electron chi connectivity index (χ1n) is 5.54. The van der Waals surface area contributed by atoms with Crippen LogP contribution in [0.25, 0.3) is 0 Å². The van der Waals surface area contributed by atoms with Crippen LogP contribution in [0.2, 0.25) is 0 Å². The number of carboxylic acids is 2. The molecule has 0 saturated carbocycles. The molecule has 106 valence electrons. The van der Waals surface area contributed by atoms with Gasteiger partial charge in [-0.05, 0) is 35.4 Å².